The van der Waals surface area contributed by atoms with Gasteiger partial charge >= 0.3 is 5.97 Å². The molecule has 86 valence electrons. The number of aromatic carboxylic acids is 1. The van der Waals surface area contributed by atoms with Crippen LogP contribution in [0.15, 0.2) is 24.3 Å². The Morgan fingerprint density at radius 1 is 1.31 bits per heavy atom. The van der Waals surface area contributed by atoms with Crippen LogP contribution in [-0.2, 0) is 11.3 Å². The van der Waals surface area contributed by atoms with Gasteiger partial charge < -0.3 is 15.7 Å². The number of carboxylic acid groups (broad SMARTS) is 1. The number of nitrogens with two attached hydrogens (primary N) is 1. The summed E-state index contributed by atoms with van der Waals surface area (Å²) in [7, 11) is 1.65. The fraction of sp³-hybridized carbons (Fsp3) is 0.273. The number of nitrogens with zero attached hydrogens (tertiary/aromatic N) is 1. The lowest BCUT2D eigenvalue weighted by Crippen LogP contribution is -2.32. The highest BCUT2D eigenvalue weighted by molar-refractivity contribution is 5.87. The van der Waals surface area contributed by atoms with Crippen LogP contribution in [0.2, 0.25) is 0 Å². The first-order valence-corrected chi connectivity index (χ1v) is 4.81. The highest BCUT2D eigenvalue weighted by Crippen LogP contribution is 2.06. The summed E-state index contributed by atoms with van der Waals surface area (Å²) in [5.41, 5.74) is 6.32. The van der Waals surface area contributed by atoms with Crippen LogP contribution < -0.4 is 5.73 Å². The Hall–Kier alpha value is -1.88. The lowest BCUT2D eigenvalue weighted by Gasteiger charge is -2.16. The third-order valence-electron chi connectivity index (χ3n) is 2.22. The standard InChI is InChI=1S/C11H14N2O3/c1-13(10(14)6-12)7-8-2-4-9(5-3-8)11(15)16/h2-5H,6-7,12H2,1H3,(H,15,16). The lowest BCUT2D eigenvalue weighted by atomic mass is 10.1. The minimum Gasteiger partial charge on any atom is -0.478 e. The maximum absolute atomic E-state index is 11.2. The topological polar surface area (TPSA) is 83.6 Å². The number of carbonyl (C=O) groups excluding carboxylic acids is 1. The average Bonchev–Trinajstić information content (AvgIpc) is 2.28. The molecule has 0 spiro atoms. The van der Waals surface area contributed by atoms with E-state index in [2.05, 4.69) is 0 Å². The van der Waals surface area contributed by atoms with Gasteiger partial charge in [0.1, 0.15) is 0 Å². The van der Waals surface area contributed by atoms with E-state index in [0.29, 0.717) is 6.54 Å². The van der Waals surface area contributed by atoms with Gasteiger partial charge in [-0.05, 0) is 17.7 Å². The SMILES string of the molecule is CN(Cc1ccc(C(=O)O)cc1)C(=O)CN. The maximum Gasteiger partial charge on any atom is 0.335 e. The van der Waals surface area contributed by atoms with Gasteiger partial charge in [-0.2, -0.15) is 0 Å². The van der Waals surface area contributed by atoms with Gasteiger partial charge in [0, 0.05) is 13.6 Å². The summed E-state index contributed by atoms with van der Waals surface area (Å²) in [4.78, 5) is 23.3. The largest absolute Gasteiger partial charge is 0.478 e. The fourth-order valence-electron chi connectivity index (χ4n) is 1.27. The Kier molecular flexibility index (Phi) is 4.02. The van der Waals surface area contributed by atoms with Gasteiger partial charge in [-0.1, -0.05) is 12.1 Å². The van der Waals surface area contributed by atoms with Crippen molar-refractivity contribution in [2.45, 2.75) is 6.54 Å². The zero-order valence-electron chi connectivity index (χ0n) is 9.01. The average molecular weight is 222 g/mol. The molecule has 1 aromatic carbocycles. The molecular weight excluding hydrogens is 208 g/mol. The van der Waals surface area contributed by atoms with Gasteiger partial charge in [-0.15, -0.1) is 0 Å². The molecule has 3 N–H and O–H groups in total. The second-order valence-corrected chi connectivity index (χ2v) is 3.46. The predicted molar refractivity (Wildman–Crippen MR) is 58.9 cm³/mol. The molecule has 0 radical (unpaired) electrons. The number of rotatable bonds is 4. The lowest BCUT2D eigenvalue weighted by molar-refractivity contribution is -0.128. The first kappa shape index (κ1) is 12.2. The van der Waals surface area contributed by atoms with E-state index in [4.69, 9.17) is 10.8 Å². The van der Waals surface area contributed by atoms with E-state index in [1.165, 1.54) is 17.0 Å². The Morgan fingerprint density at radius 3 is 2.31 bits per heavy atom. The summed E-state index contributed by atoms with van der Waals surface area (Å²) in [6, 6.07) is 6.39. The number of likely N-dealkylation sites (N-methyl/N-ethyl adjacent to an activating group) is 1. The van der Waals surface area contributed by atoms with E-state index < -0.39 is 5.97 Å². The number of benzene rings is 1. The normalized spacial score (nSPS) is 9.88. The number of amides is 1. The second-order valence-electron chi connectivity index (χ2n) is 3.46. The van der Waals surface area contributed by atoms with Gasteiger partial charge in [-0.25, -0.2) is 4.79 Å². The molecule has 0 atom stereocenters. The van der Waals surface area contributed by atoms with E-state index in [0.717, 1.165) is 5.56 Å². The maximum atomic E-state index is 11.2. The highest BCUT2D eigenvalue weighted by Gasteiger charge is 2.07. The van der Waals surface area contributed by atoms with Crippen LogP contribution in [0.5, 0.6) is 0 Å². The minimum absolute atomic E-state index is 0.0241. The van der Waals surface area contributed by atoms with Crippen LogP contribution >= 0.6 is 0 Å². The molecule has 0 heterocycles. The molecule has 0 saturated carbocycles. The van der Waals surface area contributed by atoms with Crippen molar-refractivity contribution in [1.29, 1.82) is 0 Å². The zero-order chi connectivity index (χ0) is 12.1. The van der Waals surface area contributed by atoms with Gasteiger partial charge in [0.2, 0.25) is 5.91 Å². The van der Waals surface area contributed by atoms with E-state index in [9.17, 15) is 9.59 Å². The number of hydrogen-bond acceptors (Lipinski definition) is 3. The monoisotopic (exact) mass is 222 g/mol. The van der Waals surface area contributed by atoms with E-state index in [1.807, 2.05) is 0 Å². The summed E-state index contributed by atoms with van der Waals surface area (Å²) < 4.78 is 0. The molecule has 0 unspecified atom stereocenters. The van der Waals surface area contributed by atoms with Crippen LogP contribution in [0, 0.1) is 0 Å². The van der Waals surface area contributed by atoms with Crippen molar-refractivity contribution >= 4 is 11.9 Å². The zero-order valence-corrected chi connectivity index (χ0v) is 9.01. The van der Waals surface area contributed by atoms with Gasteiger partial charge in [0.25, 0.3) is 0 Å². The summed E-state index contributed by atoms with van der Waals surface area (Å²) in [6.07, 6.45) is 0. The second kappa shape index (κ2) is 5.27. The summed E-state index contributed by atoms with van der Waals surface area (Å²) in [6.45, 7) is 0.402. The first-order chi connectivity index (χ1) is 7.54. The van der Waals surface area contributed by atoms with Crippen LogP contribution in [0.25, 0.3) is 0 Å². The molecule has 1 aromatic rings. The molecule has 0 fully saturated rings. The Balaban J connectivity index is 2.68. The first-order valence-electron chi connectivity index (χ1n) is 4.81. The van der Waals surface area contributed by atoms with E-state index in [-0.39, 0.29) is 18.0 Å². The smallest absolute Gasteiger partial charge is 0.335 e. The van der Waals surface area contributed by atoms with Crippen LogP contribution in [0.4, 0.5) is 0 Å². The third kappa shape index (κ3) is 3.06. The van der Waals surface area contributed by atoms with Gasteiger partial charge in [-0.3, -0.25) is 4.79 Å². The minimum atomic E-state index is -0.960. The number of hydrogen-bond donors (Lipinski definition) is 2. The van der Waals surface area contributed by atoms with Crippen molar-refractivity contribution in [3.8, 4) is 0 Å². The summed E-state index contributed by atoms with van der Waals surface area (Å²) >= 11 is 0. The Morgan fingerprint density at radius 2 is 1.88 bits per heavy atom. The van der Waals surface area contributed by atoms with Crippen molar-refractivity contribution < 1.29 is 14.7 Å². The molecule has 0 aromatic heterocycles. The predicted octanol–water partition coefficient (Wildman–Crippen LogP) is 0.302. The number of carbonyl (C=O) groups is 2. The molecular formula is C11H14N2O3. The van der Waals surface area contributed by atoms with E-state index in [1.54, 1.807) is 19.2 Å². The molecule has 5 nitrogen and oxygen atoms in total. The Bertz CT molecular complexity index is 387. The van der Waals surface area contributed by atoms with Gasteiger partial charge in [0.05, 0.1) is 12.1 Å². The molecule has 1 amide bonds. The van der Waals surface area contributed by atoms with Crippen LogP contribution in [0.3, 0.4) is 0 Å². The summed E-state index contributed by atoms with van der Waals surface area (Å²) in [5.74, 6) is -1.11. The van der Waals surface area contributed by atoms with Crippen LogP contribution in [0.1, 0.15) is 15.9 Å². The molecule has 0 aliphatic heterocycles. The van der Waals surface area contributed by atoms with Crippen molar-refractivity contribution in [3.05, 3.63) is 35.4 Å². The van der Waals surface area contributed by atoms with Crippen molar-refractivity contribution in [1.82, 2.24) is 4.90 Å². The highest BCUT2D eigenvalue weighted by atomic mass is 16.4. The molecule has 0 aliphatic carbocycles. The Labute approximate surface area is 93.5 Å². The summed E-state index contributed by atoms with van der Waals surface area (Å²) in [5, 5.41) is 8.70. The van der Waals surface area contributed by atoms with Crippen LogP contribution in [-0.4, -0.2) is 35.5 Å². The van der Waals surface area contributed by atoms with Crippen molar-refractivity contribution in [2.24, 2.45) is 5.73 Å². The molecule has 16 heavy (non-hydrogen) atoms. The quantitative estimate of drug-likeness (QED) is 0.767. The molecule has 0 bridgehead atoms. The number of carboxylic acids is 1. The van der Waals surface area contributed by atoms with Crippen molar-refractivity contribution in [3.63, 3.8) is 0 Å². The van der Waals surface area contributed by atoms with Gasteiger partial charge in [0.15, 0.2) is 0 Å². The molecule has 5 heteroatoms. The molecule has 1 rings (SSSR count). The molecule has 0 aliphatic rings. The third-order valence-corrected chi connectivity index (χ3v) is 2.22. The van der Waals surface area contributed by atoms with E-state index >= 15 is 0 Å². The molecule has 0 saturated heterocycles. The van der Waals surface area contributed by atoms with Crippen molar-refractivity contribution in [2.75, 3.05) is 13.6 Å². The fourth-order valence-corrected chi connectivity index (χ4v) is 1.27.